The number of nitrogens with one attached hydrogen (secondary N) is 4. The maximum absolute atomic E-state index is 13.4. The lowest BCUT2D eigenvalue weighted by Crippen LogP contribution is -2.47. The van der Waals surface area contributed by atoms with E-state index in [2.05, 4.69) is 44.7 Å². The molecule has 0 saturated heterocycles. The zero-order valence-corrected chi connectivity index (χ0v) is 34.4. The summed E-state index contributed by atoms with van der Waals surface area (Å²) in [6.07, 6.45) is 15.1. The van der Waals surface area contributed by atoms with Crippen LogP contribution in [0, 0.1) is 0 Å². The number of fused-ring (bicyclic) bond motifs is 1. The zero-order chi connectivity index (χ0) is 40.1. The van der Waals surface area contributed by atoms with E-state index in [9.17, 15) is 19.2 Å². The highest BCUT2D eigenvalue weighted by atomic mass is 32.2. The Balaban J connectivity index is 1.47. The van der Waals surface area contributed by atoms with Gasteiger partial charge in [0.2, 0.25) is 11.9 Å². The van der Waals surface area contributed by atoms with Crippen LogP contribution < -0.4 is 27.4 Å². The highest BCUT2D eigenvalue weighted by Gasteiger charge is 2.25. The summed E-state index contributed by atoms with van der Waals surface area (Å²) in [4.78, 5) is 62.7. The number of aromatic amines is 1. The van der Waals surface area contributed by atoms with Crippen molar-refractivity contribution in [2.24, 2.45) is 0 Å². The molecule has 0 fully saturated rings. The molecule has 1 aromatic carbocycles. The third-order valence-electron chi connectivity index (χ3n) is 8.79. The van der Waals surface area contributed by atoms with E-state index in [1.165, 1.54) is 67.7 Å². The smallest absolute Gasteiger partial charge is 0.408 e. The molecule has 0 radical (unpaired) electrons. The van der Waals surface area contributed by atoms with E-state index in [1.807, 2.05) is 0 Å². The number of aromatic nitrogens is 4. The summed E-state index contributed by atoms with van der Waals surface area (Å²) >= 11 is 1.39. The lowest BCUT2D eigenvalue weighted by molar-refractivity contribution is -0.143. The Bertz CT molecular complexity index is 1670. The van der Waals surface area contributed by atoms with Crippen LogP contribution in [0.15, 0.2) is 29.1 Å². The fourth-order valence-electron chi connectivity index (χ4n) is 5.81. The van der Waals surface area contributed by atoms with Crippen molar-refractivity contribution in [3.63, 3.8) is 0 Å². The van der Waals surface area contributed by atoms with Crippen LogP contribution in [-0.4, -0.2) is 73.8 Å². The Morgan fingerprint density at radius 3 is 2.18 bits per heavy atom. The van der Waals surface area contributed by atoms with Gasteiger partial charge in [-0.15, -0.1) is 0 Å². The standard InChI is InChI=1S/C40H64N8O6S/c1-6-8-10-11-12-13-14-15-16-17-18-19-32(49)53-25-26-55-28-31(44-39(52)54-40(3,4)5)36(50)43-30-22-20-29(21-23-30)27-48-35-33(45-38(48)51)34(41)46-37(47-35)42-24-9-7-2/h20-23,31H,6-19,24-28H2,1-5H3,(H,43,50)(H,44,52)(H,45,51)(H3,41,42,46,47). The molecule has 0 aliphatic carbocycles. The molecule has 2 aromatic heterocycles. The number of esters is 1. The fraction of sp³-hybridized carbons (Fsp3) is 0.650. The molecule has 306 valence electrons. The molecular formula is C40H64N8O6S. The molecule has 15 heteroatoms. The molecule has 3 rings (SSSR count). The monoisotopic (exact) mass is 784 g/mol. The Morgan fingerprint density at radius 1 is 0.909 bits per heavy atom. The Labute approximate surface area is 330 Å². The summed E-state index contributed by atoms with van der Waals surface area (Å²) in [7, 11) is 0. The SMILES string of the molecule is CCCCCCCCCCCCCC(=O)OCCSCC(NC(=O)OC(C)(C)C)C(=O)Nc1ccc(Cn2c(=O)[nH]c3c(N)nc(NCCCC)nc32)cc1. The van der Waals surface area contributed by atoms with E-state index in [-0.39, 0.29) is 36.4 Å². The van der Waals surface area contributed by atoms with Gasteiger partial charge in [0.15, 0.2) is 11.5 Å². The zero-order valence-electron chi connectivity index (χ0n) is 33.6. The van der Waals surface area contributed by atoms with Crippen LogP contribution in [0.5, 0.6) is 0 Å². The van der Waals surface area contributed by atoms with Gasteiger partial charge in [0.05, 0.1) is 6.54 Å². The predicted octanol–water partition coefficient (Wildman–Crippen LogP) is 7.77. The molecule has 2 amide bonds. The van der Waals surface area contributed by atoms with E-state index in [1.54, 1.807) is 45.0 Å². The van der Waals surface area contributed by atoms with Gasteiger partial charge in [-0.05, 0) is 51.3 Å². The summed E-state index contributed by atoms with van der Waals surface area (Å²) in [6, 6.07) is 6.12. The molecule has 0 bridgehead atoms. The molecule has 0 aliphatic heterocycles. The van der Waals surface area contributed by atoms with Crippen LogP contribution in [0.25, 0.3) is 11.2 Å². The van der Waals surface area contributed by atoms with Gasteiger partial charge in [0.1, 0.15) is 23.8 Å². The molecular weight excluding hydrogens is 721 g/mol. The molecule has 0 aliphatic rings. The number of nitrogens with zero attached hydrogens (tertiary/aromatic N) is 3. The lowest BCUT2D eigenvalue weighted by atomic mass is 10.1. The Hall–Kier alpha value is -4.27. The first kappa shape index (κ1) is 45.1. The number of alkyl carbamates (subject to hydrolysis) is 1. The number of unbranched alkanes of at least 4 members (excludes halogenated alkanes) is 11. The molecule has 6 N–H and O–H groups in total. The molecule has 14 nitrogen and oxygen atoms in total. The second-order valence-electron chi connectivity index (χ2n) is 14.9. The average molecular weight is 785 g/mol. The number of hydrogen-bond acceptors (Lipinski definition) is 11. The lowest BCUT2D eigenvalue weighted by Gasteiger charge is -2.23. The summed E-state index contributed by atoms with van der Waals surface area (Å²) in [5.74, 6) is 0.607. The van der Waals surface area contributed by atoms with Crippen molar-refractivity contribution >= 4 is 58.3 Å². The number of amides is 2. The first-order valence-electron chi connectivity index (χ1n) is 20.0. The van der Waals surface area contributed by atoms with E-state index in [0.29, 0.717) is 41.5 Å². The van der Waals surface area contributed by atoms with Crippen molar-refractivity contribution in [3.8, 4) is 0 Å². The van der Waals surface area contributed by atoms with Gasteiger partial charge in [-0.25, -0.2) is 9.59 Å². The van der Waals surface area contributed by atoms with Gasteiger partial charge in [-0.2, -0.15) is 21.7 Å². The third-order valence-corrected chi connectivity index (χ3v) is 9.82. The van der Waals surface area contributed by atoms with Crippen molar-refractivity contribution in [1.29, 1.82) is 0 Å². The molecule has 55 heavy (non-hydrogen) atoms. The van der Waals surface area contributed by atoms with Gasteiger partial charge in [-0.1, -0.05) is 96.6 Å². The van der Waals surface area contributed by atoms with E-state index >= 15 is 0 Å². The van der Waals surface area contributed by atoms with E-state index in [4.69, 9.17) is 15.2 Å². The molecule has 2 heterocycles. The summed E-state index contributed by atoms with van der Waals surface area (Å²) in [6.45, 7) is 10.7. The van der Waals surface area contributed by atoms with E-state index < -0.39 is 23.6 Å². The van der Waals surface area contributed by atoms with E-state index in [0.717, 1.165) is 37.7 Å². The van der Waals surface area contributed by atoms with Crippen LogP contribution in [0.4, 0.5) is 22.2 Å². The number of thioether (sulfide) groups is 1. The number of benzene rings is 1. The summed E-state index contributed by atoms with van der Waals surface area (Å²) in [5, 5.41) is 8.69. The largest absolute Gasteiger partial charge is 0.465 e. The van der Waals surface area contributed by atoms with Crippen molar-refractivity contribution in [2.75, 3.05) is 41.0 Å². The number of anilines is 3. The highest BCUT2D eigenvalue weighted by molar-refractivity contribution is 7.99. The van der Waals surface area contributed by atoms with Crippen molar-refractivity contribution in [3.05, 3.63) is 40.3 Å². The highest BCUT2D eigenvalue weighted by Crippen LogP contribution is 2.19. The molecule has 1 atom stereocenters. The number of nitrogen functional groups attached to an aromatic ring is 1. The number of rotatable bonds is 26. The minimum Gasteiger partial charge on any atom is -0.465 e. The maximum atomic E-state index is 13.4. The molecule has 0 saturated carbocycles. The Morgan fingerprint density at radius 2 is 1.55 bits per heavy atom. The normalized spacial score (nSPS) is 12.0. The van der Waals surface area contributed by atoms with Crippen molar-refractivity contribution in [2.45, 2.75) is 143 Å². The van der Waals surface area contributed by atoms with Crippen molar-refractivity contribution in [1.82, 2.24) is 24.8 Å². The topological polar surface area (TPSA) is 195 Å². The van der Waals surface area contributed by atoms with Crippen LogP contribution in [-0.2, 0) is 25.6 Å². The van der Waals surface area contributed by atoms with Crippen LogP contribution >= 0.6 is 11.8 Å². The number of hydrogen-bond donors (Lipinski definition) is 5. The first-order valence-corrected chi connectivity index (χ1v) is 21.2. The van der Waals surface area contributed by atoms with Gasteiger partial charge in [0, 0.05) is 30.2 Å². The Kier molecular flexibility index (Phi) is 19.9. The number of carbonyl (C=O) groups excluding carboxylic acids is 3. The number of nitrogens with two attached hydrogens (primary N) is 1. The van der Waals surface area contributed by atoms with Gasteiger partial charge >= 0.3 is 17.8 Å². The molecule has 1 unspecified atom stereocenters. The van der Waals surface area contributed by atoms with Gasteiger partial charge < -0.3 is 36.1 Å². The van der Waals surface area contributed by atoms with Gasteiger partial charge in [-0.3, -0.25) is 14.2 Å². The average Bonchev–Trinajstić information content (AvgIpc) is 3.44. The summed E-state index contributed by atoms with van der Waals surface area (Å²) < 4.78 is 12.3. The minimum atomic E-state index is -0.915. The third kappa shape index (κ3) is 17.4. The molecule has 3 aromatic rings. The number of imidazole rings is 1. The number of carbonyl (C=O) groups is 3. The second-order valence-corrected chi connectivity index (χ2v) is 16.0. The van der Waals surface area contributed by atoms with Crippen molar-refractivity contribution < 1.29 is 23.9 Å². The maximum Gasteiger partial charge on any atom is 0.408 e. The van der Waals surface area contributed by atoms with Crippen LogP contribution in [0.3, 0.4) is 0 Å². The summed E-state index contributed by atoms with van der Waals surface area (Å²) in [5.41, 5.74) is 7.06. The van der Waals surface area contributed by atoms with Crippen LogP contribution in [0.2, 0.25) is 0 Å². The van der Waals surface area contributed by atoms with Gasteiger partial charge in [0.25, 0.3) is 0 Å². The number of H-pyrrole nitrogens is 1. The predicted molar refractivity (Wildman–Crippen MR) is 223 cm³/mol. The number of ether oxygens (including phenoxy) is 2. The minimum absolute atomic E-state index is 0.182. The van der Waals surface area contributed by atoms with Crippen LogP contribution in [0.1, 0.15) is 130 Å². The molecule has 0 spiro atoms. The first-order chi connectivity index (χ1) is 26.4. The fourth-order valence-corrected chi connectivity index (χ4v) is 6.65. The second kappa shape index (κ2) is 24.3. The quantitative estimate of drug-likeness (QED) is 0.0394.